The zero-order valence-electron chi connectivity index (χ0n) is 17.0. The van der Waals surface area contributed by atoms with Crippen molar-refractivity contribution in [2.75, 3.05) is 13.7 Å². The van der Waals surface area contributed by atoms with E-state index in [2.05, 4.69) is 42.2 Å². The predicted molar refractivity (Wildman–Crippen MR) is 109 cm³/mol. The molecule has 3 aromatic rings. The SMILES string of the molecule is COc1ccc(-c2noc(CC(=O)N3CCc4ccccc4C3C(C)C)n2)cc1. The lowest BCUT2D eigenvalue weighted by Crippen LogP contribution is -2.43. The number of carbonyl (C=O) groups is 1. The van der Waals surface area contributed by atoms with Crippen LogP contribution in [0, 0.1) is 5.92 Å². The summed E-state index contributed by atoms with van der Waals surface area (Å²) in [6.07, 6.45) is 0.973. The molecule has 0 fully saturated rings. The number of hydrogen-bond donors (Lipinski definition) is 0. The number of fused-ring (bicyclic) bond motifs is 1. The molecule has 6 nitrogen and oxygen atoms in total. The van der Waals surface area contributed by atoms with E-state index in [0.29, 0.717) is 24.2 Å². The topological polar surface area (TPSA) is 68.5 Å². The highest BCUT2D eigenvalue weighted by Crippen LogP contribution is 2.35. The maximum Gasteiger partial charge on any atom is 0.236 e. The van der Waals surface area contributed by atoms with E-state index in [4.69, 9.17) is 9.26 Å². The van der Waals surface area contributed by atoms with Crippen molar-refractivity contribution in [3.05, 3.63) is 65.5 Å². The van der Waals surface area contributed by atoms with Gasteiger partial charge >= 0.3 is 0 Å². The van der Waals surface area contributed by atoms with E-state index in [-0.39, 0.29) is 18.4 Å². The van der Waals surface area contributed by atoms with Crippen LogP contribution in [0.4, 0.5) is 0 Å². The average molecular weight is 391 g/mol. The van der Waals surface area contributed by atoms with Crippen LogP contribution >= 0.6 is 0 Å². The van der Waals surface area contributed by atoms with E-state index in [0.717, 1.165) is 17.7 Å². The molecule has 0 N–H and O–H groups in total. The molecule has 0 saturated carbocycles. The molecule has 1 atom stereocenters. The fourth-order valence-electron chi connectivity index (χ4n) is 4.01. The highest BCUT2D eigenvalue weighted by molar-refractivity contribution is 5.79. The number of carbonyl (C=O) groups excluding carboxylic acids is 1. The monoisotopic (exact) mass is 391 g/mol. The van der Waals surface area contributed by atoms with Gasteiger partial charge in [-0.1, -0.05) is 43.3 Å². The van der Waals surface area contributed by atoms with E-state index >= 15 is 0 Å². The molecule has 0 aliphatic carbocycles. The average Bonchev–Trinajstić information content (AvgIpc) is 3.21. The fraction of sp³-hybridized carbons (Fsp3) is 0.348. The van der Waals surface area contributed by atoms with E-state index < -0.39 is 0 Å². The molecule has 0 bridgehead atoms. The van der Waals surface area contributed by atoms with Crippen LogP contribution in [0.1, 0.15) is 36.9 Å². The first-order valence-electron chi connectivity index (χ1n) is 9.91. The van der Waals surface area contributed by atoms with Crippen LogP contribution in [0.15, 0.2) is 53.1 Å². The maximum absolute atomic E-state index is 13.1. The van der Waals surface area contributed by atoms with Crippen molar-refractivity contribution in [3.63, 3.8) is 0 Å². The van der Waals surface area contributed by atoms with E-state index in [1.165, 1.54) is 11.1 Å². The minimum absolute atomic E-state index is 0.0168. The standard InChI is InChI=1S/C23H25N3O3/c1-15(2)22-19-7-5-4-6-16(19)12-13-26(22)21(27)14-20-24-23(25-29-20)17-8-10-18(28-3)11-9-17/h4-11,15,22H,12-14H2,1-3H3. The molecule has 2 heterocycles. The molecule has 0 spiro atoms. The summed E-state index contributed by atoms with van der Waals surface area (Å²) in [5.41, 5.74) is 3.39. The Kier molecular flexibility index (Phi) is 5.34. The molecule has 4 rings (SSSR count). The van der Waals surface area contributed by atoms with Crippen molar-refractivity contribution < 1.29 is 14.1 Å². The molecule has 1 unspecified atom stereocenters. The molecular formula is C23H25N3O3. The van der Waals surface area contributed by atoms with Gasteiger partial charge in [-0.15, -0.1) is 0 Å². The van der Waals surface area contributed by atoms with Crippen molar-refractivity contribution in [2.45, 2.75) is 32.7 Å². The second kappa shape index (κ2) is 8.07. The summed E-state index contributed by atoms with van der Waals surface area (Å²) in [4.78, 5) is 19.5. The predicted octanol–water partition coefficient (Wildman–Crippen LogP) is 4.07. The Morgan fingerprint density at radius 1 is 1.21 bits per heavy atom. The Bertz CT molecular complexity index is 995. The van der Waals surface area contributed by atoms with Crippen molar-refractivity contribution >= 4 is 5.91 Å². The van der Waals surface area contributed by atoms with Gasteiger partial charge in [0, 0.05) is 12.1 Å². The number of nitrogens with zero attached hydrogens (tertiary/aromatic N) is 3. The third kappa shape index (κ3) is 3.88. The van der Waals surface area contributed by atoms with Crippen LogP contribution in [0.3, 0.4) is 0 Å². The highest BCUT2D eigenvalue weighted by atomic mass is 16.5. The molecule has 1 aliphatic rings. The number of benzene rings is 2. The Morgan fingerprint density at radius 3 is 2.69 bits per heavy atom. The minimum atomic E-state index is 0.0168. The fourth-order valence-corrected chi connectivity index (χ4v) is 4.01. The van der Waals surface area contributed by atoms with Crippen LogP contribution in [-0.2, 0) is 17.6 Å². The molecule has 6 heteroatoms. The second-order valence-corrected chi connectivity index (χ2v) is 7.64. The van der Waals surface area contributed by atoms with Gasteiger partial charge in [0.1, 0.15) is 12.2 Å². The first-order chi connectivity index (χ1) is 14.1. The first kappa shape index (κ1) is 19.2. The smallest absolute Gasteiger partial charge is 0.236 e. The molecular weight excluding hydrogens is 366 g/mol. The summed E-state index contributed by atoms with van der Waals surface area (Å²) >= 11 is 0. The van der Waals surface area contributed by atoms with Gasteiger partial charge in [0.15, 0.2) is 0 Å². The molecule has 150 valence electrons. The third-order valence-electron chi connectivity index (χ3n) is 5.40. The van der Waals surface area contributed by atoms with Gasteiger partial charge in [0.25, 0.3) is 0 Å². The van der Waals surface area contributed by atoms with E-state index in [9.17, 15) is 4.79 Å². The zero-order chi connectivity index (χ0) is 20.4. The van der Waals surface area contributed by atoms with Gasteiger partial charge in [0.05, 0.1) is 13.2 Å². The molecule has 2 aromatic carbocycles. The molecule has 0 radical (unpaired) electrons. The van der Waals surface area contributed by atoms with Gasteiger partial charge in [-0.05, 0) is 47.7 Å². The van der Waals surface area contributed by atoms with Gasteiger partial charge in [-0.25, -0.2) is 0 Å². The number of ether oxygens (including phenoxy) is 1. The molecule has 1 aliphatic heterocycles. The summed E-state index contributed by atoms with van der Waals surface area (Å²) < 4.78 is 10.5. The highest BCUT2D eigenvalue weighted by Gasteiger charge is 2.33. The lowest BCUT2D eigenvalue weighted by Gasteiger charge is -2.39. The van der Waals surface area contributed by atoms with E-state index in [1.807, 2.05) is 35.2 Å². The van der Waals surface area contributed by atoms with Gasteiger partial charge < -0.3 is 14.2 Å². The minimum Gasteiger partial charge on any atom is -0.497 e. The Balaban J connectivity index is 1.51. The lowest BCUT2D eigenvalue weighted by atomic mass is 9.86. The van der Waals surface area contributed by atoms with Crippen LogP contribution in [-0.4, -0.2) is 34.6 Å². The zero-order valence-corrected chi connectivity index (χ0v) is 17.0. The van der Waals surface area contributed by atoms with Crippen molar-refractivity contribution in [1.82, 2.24) is 15.0 Å². The Hall–Kier alpha value is -3.15. The van der Waals surface area contributed by atoms with Gasteiger partial charge in [-0.2, -0.15) is 4.98 Å². The van der Waals surface area contributed by atoms with Crippen molar-refractivity contribution in [3.8, 4) is 17.1 Å². The summed E-state index contributed by atoms with van der Waals surface area (Å²) in [6, 6.07) is 15.9. The lowest BCUT2D eigenvalue weighted by molar-refractivity contribution is -0.134. The third-order valence-corrected chi connectivity index (χ3v) is 5.40. The second-order valence-electron chi connectivity index (χ2n) is 7.64. The molecule has 29 heavy (non-hydrogen) atoms. The quantitative estimate of drug-likeness (QED) is 0.656. The normalized spacial score (nSPS) is 16.0. The number of aromatic nitrogens is 2. The van der Waals surface area contributed by atoms with Crippen LogP contribution in [0.2, 0.25) is 0 Å². The molecule has 0 saturated heterocycles. The summed E-state index contributed by atoms with van der Waals surface area (Å²) in [5.74, 6) is 1.90. The van der Waals surface area contributed by atoms with Crippen LogP contribution < -0.4 is 4.74 Å². The van der Waals surface area contributed by atoms with E-state index in [1.54, 1.807) is 7.11 Å². The summed E-state index contributed by atoms with van der Waals surface area (Å²) in [6.45, 7) is 5.02. The molecule has 1 aromatic heterocycles. The Labute approximate surface area is 170 Å². The van der Waals surface area contributed by atoms with Crippen molar-refractivity contribution in [2.24, 2.45) is 5.92 Å². The molecule has 1 amide bonds. The van der Waals surface area contributed by atoms with Gasteiger partial charge in [-0.3, -0.25) is 4.79 Å². The number of hydrogen-bond acceptors (Lipinski definition) is 5. The van der Waals surface area contributed by atoms with Gasteiger partial charge in [0.2, 0.25) is 17.6 Å². The van der Waals surface area contributed by atoms with Crippen LogP contribution in [0.25, 0.3) is 11.4 Å². The summed E-state index contributed by atoms with van der Waals surface area (Å²) in [7, 11) is 1.62. The number of methoxy groups -OCH3 is 1. The van der Waals surface area contributed by atoms with Crippen molar-refractivity contribution in [1.29, 1.82) is 0 Å². The number of amides is 1. The summed E-state index contributed by atoms with van der Waals surface area (Å²) in [5, 5.41) is 4.03. The maximum atomic E-state index is 13.1. The Morgan fingerprint density at radius 2 is 1.97 bits per heavy atom. The van der Waals surface area contributed by atoms with Crippen LogP contribution in [0.5, 0.6) is 5.75 Å². The first-order valence-corrected chi connectivity index (χ1v) is 9.91. The number of rotatable bonds is 5. The largest absolute Gasteiger partial charge is 0.497 e.